The van der Waals surface area contributed by atoms with Crippen LogP contribution in [0.4, 0.5) is 0 Å². The first-order chi connectivity index (χ1) is 9.90. The van der Waals surface area contributed by atoms with Gasteiger partial charge in [0.2, 0.25) is 0 Å². The minimum atomic E-state index is -1.03. The number of aliphatic carboxylic acids is 1. The topological polar surface area (TPSA) is 77.8 Å². The van der Waals surface area contributed by atoms with E-state index >= 15 is 0 Å². The zero-order valence-corrected chi connectivity index (χ0v) is 15.5. The van der Waals surface area contributed by atoms with Crippen molar-refractivity contribution in [2.24, 2.45) is 0 Å². The highest BCUT2D eigenvalue weighted by Gasteiger charge is 2.30. The van der Waals surface area contributed by atoms with E-state index < -0.39 is 11.9 Å². The smallest absolute Gasteiger partial charge is 0.323 e. The molecule has 0 aromatic heterocycles. The van der Waals surface area contributed by atoms with Gasteiger partial charge in [-0.25, -0.2) is 0 Å². The molecule has 1 fully saturated rings. The van der Waals surface area contributed by atoms with Crippen molar-refractivity contribution in [2.45, 2.75) is 31.7 Å². The summed E-state index contributed by atoms with van der Waals surface area (Å²) in [6.07, 6.45) is 3.65. The second-order valence-corrected chi connectivity index (χ2v) is 7.46. The number of phenols is 1. The van der Waals surface area contributed by atoms with Gasteiger partial charge >= 0.3 is 5.97 Å². The molecule has 2 N–H and O–H groups in total. The second-order valence-electron chi connectivity index (χ2n) is 5.05. The molecular formula is C14H15I2NO4. The largest absolute Gasteiger partial charge is 0.506 e. The van der Waals surface area contributed by atoms with Crippen LogP contribution in [-0.2, 0) is 4.79 Å². The van der Waals surface area contributed by atoms with Gasteiger partial charge in [-0.05, 0) is 70.2 Å². The van der Waals surface area contributed by atoms with E-state index in [1.165, 1.54) is 4.90 Å². The predicted octanol–water partition coefficient (Wildman–Crippen LogP) is 3.07. The Balaban J connectivity index is 2.35. The van der Waals surface area contributed by atoms with Crippen molar-refractivity contribution in [3.05, 3.63) is 24.8 Å². The third-order valence-corrected chi connectivity index (χ3v) is 5.04. The maximum absolute atomic E-state index is 12.7. The van der Waals surface area contributed by atoms with Crippen LogP contribution in [0.3, 0.4) is 0 Å². The molecule has 1 saturated carbocycles. The Labute approximate surface area is 150 Å². The van der Waals surface area contributed by atoms with Crippen LogP contribution in [-0.4, -0.2) is 39.6 Å². The van der Waals surface area contributed by atoms with Gasteiger partial charge in [0.05, 0.1) is 9.13 Å². The van der Waals surface area contributed by atoms with E-state index in [4.69, 9.17) is 5.11 Å². The Bertz CT molecular complexity index is 570. The predicted molar refractivity (Wildman–Crippen MR) is 94.5 cm³/mol. The van der Waals surface area contributed by atoms with Gasteiger partial charge in [-0.1, -0.05) is 12.8 Å². The lowest BCUT2D eigenvalue weighted by Crippen LogP contribution is -2.42. The number of rotatable bonds is 4. The molecule has 0 aliphatic heterocycles. The number of phenolic OH excluding ortho intramolecular Hbond substituents is 1. The standard InChI is InChI=1S/C14H15I2NO4/c15-8-5-10(13(20)11(16)6-8)14(21)17(7-12(18)19)9-3-1-2-4-9/h5-6,9,20H,1-4,7H2,(H,18,19). The Hall–Kier alpha value is -0.580. The van der Waals surface area contributed by atoms with Crippen LogP contribution in [0.2, 0.25) is 0 Å². The van der Waals surface area contributed by atoms with Crippen molar-refractivity contribution in [2.75, 3.05) is 6.54 Å². The summed E-state index contributed by atoms with van der Waals surface area (Å²) >= 11 is 4.04. The average molecular weight is 515 g/mol. The monoisotopic (exact) mass is 515 g/mol. The SMILES string of the molecule is O=C(O)CN(C(=O)c1cc(I)cc(I)c1O)C1CCCC1. The van der Waals surface area contributed by atoms with Gasteiger partial charge in [0.15, 0.2) is 0 Å². The lowest BCUT2D eigenvalue weighted by molar-refractivity contribution is -0.138. The molecule has 1 aliphatic rings. The molecular weight excluding hydrogens is 500 g/mol. The maximum Gasteiger partial charge on any atom is 0.323 e. The van der Waals surface area contributed by atoms with Gasteiger partial charge in [0.1, 0.15) is 12.3 Å². The Morgan fingerprint density at radius 2 is 1.86 bits per heavy atom. The lowest BCUT2D eigenvalue weighted by Gasteiger charge is -2.27. The first kappa shape index (κ1) is 16.8. The Morgan fingerprint density at radius 1 is 1.24 bits per heavy atom. The highest BCUT2D eigenvalue weighted by atomic mass is 127. The van der Waals surface area contributed by atoms with Gasteiger partial charge in [-0.2, -0.15) is 0 Å². The second kappa shape index (κ2) is 7.12. The number of carboxylic acid groups (broad SMARTS) is 1. The highest BCUT2D eigenvalue weighted by molar-refractivity contribution is 14.1. The van der Waals surface area contributed by atoms with Crippen molar-refractivity contribution < 1.29 is 19.8 Å². The molecule has 0 saturated heterocycles. The summed E-state index contributed by atoms with van der Waals surface area (Å²) in [4.78, 5) is 25.1. The number of aromatic hydroxyl groups is 1. The molecule has 0 radical (unpaired) electrons. The molecule has 0 unspecified atom stereocenters. The normalized spacial score (nSPS) is 15.1. The van der Waals surface area contributed by atoms with Crippen molar-refractivity contribution in [1.29, 1.82) is 0 Å². The van der Waals surface area contributed by atoms with E-state index in [0.717, 1.165) is 29.3 Å². The number of carbonyl (C=O) groups is 2. The van der Waals surface area contributed by atoms with E-state index in [9.17, 15) is 14.7 Å². The van der Waals surface area contributed by atoms with Crippen molar-refractivity contribution >= 4 is 57.1 Å². The van der Waals surface area contributed by atoms with Gasteiger partial charge in [0, 0.05) is 9.61 Å². The molecule has 7 heteroatoms. The number of benzene rings is 1. The molecule has 0 spiro atoms. The summed E-state index contributed by atoms with van der Waals surface area (Å²) in [5, 5.41) is 19.2. The zero-order chi connectivity index (χ0) is 15.6. The van der Waals surface area contributed by atoms with Crippen LogP contribution >= 0.6 is 45.2 Å². The molecule has 1 aliphatic carbocycles. The van der Waals surface area contributed by atoms with Crippen molar-refractivity contribution in [3.8, 4) is 5.75 Å². The first-order valence-corrected chi connectivity index (χ1v) is 8.76. The Kier molecular flexibility index (Phi) is 5.69. The van der Waals surface area contributed by atoms with E-state index in [2.05, 4.69) is 22.6 Å². The van der Waals surface area contributed by atoms with Gasteiger partial charge in [-0.3, -0.25) is 9.59 Å². The van der Waals surface area contributed by atoms with Gasteiger partial charge in [0.25, 0.3) is 5.91 Å². The van der Waals surface area contributed by atoms with E-state index in [0.29, 0.717) is 3.57 Å². The summed E-state index contributed by atoms with van der Waals surface area (Å²) in [7, 11) is 0. The minimum absolute atomic E-state index is 0.0523. The van der Waals surface area contributed by atoms with Crippen LogP contribution in [0, 0.1) is 7.14 Å². The van der Waals surface area contributed by atoms with E-state index in [1.807, 2.05) is 22.6 Å². The maximum atomic E-state index is 12.7. The molecule has 0 atom stereocenters. The number of hydrogen-bond acceptors (Lipinski definition) is 3. The number of halogens is 2. The summed E-state index contributed by atoms with van der Waals surface area (Å²) in [5.41, 5.74) is 0.180. The van der Waals surface area contributed by atoms with Crippen molar-refractivity contribution in [1.82, 2.24) is 4.90 Å². The van der Waals surface area contributed by atoms with Crippen molar-refractivity contribution in [3.63, 3.8) is 0 Å². The highest BCUT2D eigenvalue weighted by Crippen LogP contribution is 2.30. The number of nitrogens with zero attached hydrogens (tertiary/aromatic N) is 1. The van der Waals surface area contributed by atoms with Crippen LogP contribution in [0.25, 0.3) is 0 Å². The molecule has 2 rings (SSSR count). The van der Waals surface area contributed by atoms with Crippen LogP contribution in [0.15, 0.2) is 12.1 Å². The summed E-state index contributed by atoms with van der Waals surface area (Å²) < 4.78 is 1.42. The third-order valence-electron chi connectivity index (χ3n) is 3.59. The average Bonchev–Trinajstić information content (AvgIpc) is 2.93. The zero-order valence-electron chi connectivity index (χ0n) is 11.2. The van der Waals surface area contributed by atoms with Crippen LogP contribution < -0.4 is 0 Å². The van der Waals surface area contributed by atoms with Crippen LogP contribution in [0.5, 0.6) is 5.75 Å². The molecule has 1 amide bonds. The summed E-state index contributed by atoms with van der Waals surface area (Å²) in [6.45, 7) is -0.328. The number of carboxylic acids is 1. The van der Waals surface area contributed by atoms with Crippen LogP contribution in [0.1, 0.15) is 36.0 Å². The molecule has 0 bridgehead atoms. The van der Waals surface area contributed by atoms with E-state index in [-0.39, 0.29) is 23.9 Å². The lowest BCUT2D eigenvalue weighted by atomic mass is 10.1. The van der Waals surface area contributed by atoms with Gasteiger partial charge < -0.3 is 15.1 Å². The Morgan fingerprint density at radius 3 is 2.43 bits per heavy atom. The fourth-order valence-electron chi connectivity index (χ4n) is 2.61. The van der Waals surface area contributed by atoms with E-state index in [1.54, 1.807) is 12.1 Å². The summed E-state index contributed by atoms with van der Waals surface area (Å²) in [6, 6.07) is 3.32. The number of amides is 1. The molecule has 1 aromatic carbocycles. The fraction of sp³-hybridized carbons (Fsp3) is 0.429. The molecule has 1 aromatic rings. The molecule has 5 nitrogen and oxygen atoms in total. The summed E-state index contributed by atoms with van der Waals surface area (Å²) in [5.74, 6) is -1.51. The van der Waals surface area contributed by atoms with Gasteiger partial charge in [-0.15, -0.1) is 0 Å². The molecule has 0 heterocycles. The first-order valence-electron chi connectivity index (χ1n) is 6.61. The quantitative estimate of drug-likeness (QED) is 0.605. The fourth-order valence-corrected chi connectivity index (χ4v) is 4.46. The molecule has 21 heavy (non-hydrogen) atoms. The molecule has 114 valence electrons. The minimum Gasteiger partial charge on any atom is -0.506 e. The number of hydrogen-bond donors (Lipinski definition) is 2. The number of carbonyl (C=O) groups excluding carboxylic acids is 1. The third kappa shape index (κ3) is 3.99.